The highest BCUT2D eigenvalue weighted by molar-refractivity contribution is 6.06. The summed E-state index contributed by atoms with van der Waals surface area (Å²) in [6, 6.07) is 29.4. The standard InChI is InChI=1S/C26H25N3O/c1-19(2)23-15-9-10-16-24(23)29-26(30)22(17-27)18-28-25(20-11-5-3-6-12-20)21-13-7-4-8-14-21/h3-16,18-19,25,28H,1-2H3,(H,29,30)/b22-18-. The first-order valence-corrected chi connectivity index (χ1v) is 9.96. The SMILES string of the molecule is CC(C)c1ccccc1NC(=O)/C(C#N)=C\NC(c1ccccc1)c1ccccc1. The molecule has 4 heteroatoms. The van der Waals surface area contributed by atoms with E-state index in [1.807, 2.05) is 91.0 Å². The molecule has 0 saturated heterocycles. The van der Waals surface area contributed by atoms with Crippen LogP contribution in [0.1, 0.15) is 42.5 Å². The Morgan fingerprint density at radius 1 is 0.867 bits per heavy atom. The van der Waals surface area contributed by atoms with Crippen molar-refractivity contribution in [3.8, 4) is 6.07 Å². The molecule has 3 rings (SSSR count). The van der Waals surface area contributed by atoms with Crippen LogP contribution in [0.2, 0.25) is 0 Å². The molecule has 0 radical (unpaired) electrons. The first kappa shape index (κ1) is 20.9. The van der Waals surface area contributed by atoms with Crippen LogP contribution in [-0.4, -0.2) is 5.91 Å². The molecule has 0 saturated carbocycles. The maximum absolute atomic E-state index is 12.8. The van der Waals surface area contributed by atoms with E-state index >= 15 is 0 Å². The topological polar surface area (TPSA) is 64.9 Å². The second-order valence-corrected chi connectivity index (χ2v) is 7.29. The molecule has 4 nitrogen and oxygen atoms in total. The summed E-state index contributed by atoms with van der Waals surface area (Å²) in [5.74, 6) is -0.173. The lowest BCUT2D eigenvalue weighted by Gasteiger charge is -2.19. The number of para-hydroxylation sites is 1. The third-order valence-corrected chi connectivity index (χ3v) is 4.86. The molecule has 0 unspecified atom stereocenters. The van der Waals surface area contributed by atoms with Gasteiger partial charge in [0.1, 0.15) is 11.6 Å². The summed E-state index contributed by atoms with van der Waals surface area (Å²) in [5, 5.41) is 15.7. The summed E-state index contributed by atoms with van der Waals surface area (Å²) < 4.78 is 0. The van der Waals surface area contributed by atoms with Crippen molar-refractivity contribution in [3.63, 3.8) is 0 Å². The largest absolute Gasteiger partial charge is 0.379 e. The fraction of sp³-hybridized carbons (Fsp3) is 0.154. The fourth-order valence-corrected chi connectivity index (χ4v) is 3.30. The van der Waals surface area contributed by atoms with Crippen molar-refractivity contribution in [2.45, 2.75) is 25.8 Å². The van der Waals surface area contributed by atoms with Gasteiger partial charge in [0.05, 0.1) is 6.04 Å². The number of carbonyl (C=O) groups is 1. The van der Waals surface area contributed by atoms with Crippen molar-refractivity contribution in [3.05, 3.63) is 113 Å². The summed E-state index contributed by atoms with van der Waals surface area (Å²) in [4.78, 5) is 12.8. The van der Waals surface area contributed by atoms with E-state index in [1.165, 1.54) is 6.20 Å². The van der Waals surface area contributed by atoms with Gasteiger partial charge in [-0.15, -0.1) is 0 Å². The molecule has 30 heavy (non-hydrogen) atoms. The van der Waals surface area contributed by atoms with Gasteiger partial charge in [-0.05, 0) is 28.7 Å². The van der Waals surface area contributed by atoms with Crippen LogP contribution in [0.15, 0.2) is 96.7 Å². The normalized spacial score (nSPS) is 11.2. The Morgan fingerprint density at radius 3 is 1.93 bits per heavy atom. The lowest BCUT2D eigenvalue weighted by Crippen LogP contribution is -2.21. The van der Waals surface area contributed by atoms with E-state index in [-0.39, 0.29) is 17.5 Å². The maximum Gasteiger partial charge on any atom is 0.267 e. The van der Waals surface area contributed by atoms with Gasteiger partial charge in [0.2, 0.25) is 0 Å². The zero-order valence-electron chi connectivity index (χ0n) is 17.2. The minimum atomic E-state index is -0.432. The van der Waals surface area contributed by atoms with Gasteiger partial charge in [-0.2, -0.15) is 5.26 Å². The third kappa shape index (κ3) is 5.15. The maximum atomic E-state index is 12.8. The molecular weight excluding hydrogens is 370 g/mol. The third-order valence-electron chi connectivity index (χ3n) is 4.86. The average Bonchev–Trinajstić information content (AvgIpc) is 2.78. The van der Waals surface area contributed by atoms with Crippen LogP contribution in [0.4, 0.5) is 5.69 Å². The number of benzene rings is 3. The van der Waals surface area contributed by atoms with E-state index in [1.54, 1.807) is 0 Å². The molecule has 3 aromatic rings. The summed E-state index contributed by atoms with van der Waals surface area (Å²) in [6.45, 7) is 4.13. The Kier molecular flexibility index (Phi) is 7.02. The van der Waals surface area contributed by atoms with E-state index in [0.717, 1.165) is 22.4 Å². The molecule has 1 amide bonds. The molecule has 0 heterocycles. The van der Waals surface area contributed by atoms with Crippen LogP contribution >= 0.6 is 0 Å². The Balaban J connectivity index is 1.84. The number of amides is 1. The molecule has 0 aliphatic rings. The number of hydrogen-bond acceptors (Lipinski definition) is 3. The smallest absolute Gasteiger partial charge is 0.267 e. The molecule has 0 bridgehead atoms. The molecule has 0 fully saturated rings. The quantitative estimate of drug-likeness (QED) is 0.408. The van der Waals surface area contributed by atoms with Gasteiger partial charge in [0.15, 0.2) is 0 Å². The summed E-state index contributed by atoms with van der Waals surface area (Å²) in [6.07, 6.45) is 1.50. The number of anilines is 1. The highest BCUT2D eigenvalue weighted by atomic mass is 16.1. The van der Waals surface area contributed by atoms with Crippen LogP contribution in [0, 0.1) is 11.3 Å². The lowest BCUT2D eigenvalue weighted by atomic mass is 9.99. The van der Waals surface area contributed by atoms with Gasteiger partial charge in [0.25, 0.3) is 5.91 Å². The van der Waals surface area contributed by atoms with Crippen LogP contribution < -0.4 is 10.6 Å². The predicted molar refractivity (Wildman–Crippen MR) is 121 cm³/mol. The number of nitriles is 1. The van der Waals surface area contributed by atoms with Crippen molar-refractivity contribution >= 4 is 11.6 Å². The molecule has 0 aromatic heterocycles. The number of hydrogen-bond donors (Lipinski definition) is 2. The monoisotopic (exact) mass is 395 g/mol. The Labute approximate surface area is 177 Å². The first-order valence-electron chi connectivity index (χ1n) is 9.96. The summed E-state index contributed by atoms with van der Waals surface area (Å²) in [7, 11) is 0. The Morgan fingerprint density at radius 2 is 1.40 bits per heavy atom. The second kappa shape index (κ2) is 10.1. The minimum absolute atomic E-state index is 0.0189. The minimum Gasteiger partial charge on any atom is -0.379 e. The van der Waals surface area contributed by atoms with E-state index in [2.05, 4.69) is 24.5 Å². The van der Waals surface area contributed by atoms with Crippen molar-refractivity contribution in [1.29, 1.82) is 5.26 Å². The Hall–Kier alpha value is -3.84. The van der Waals surface area contributed by atoms with Crippen LogP contribution in [0.5, 0.6) is 0 Å². The Bertz CT molecular complexity index is 1010. The van der Waals surface area contributed by atoms with Gasteiger partial charge >= 0.3 is 0 Å². The van der Waals surface area contributed by atoms with Crippen LogP contribution in [-0.2, 0) is 4.79 Å². The van der Waals surface area contributed by atoms with Gasteiger partial charge in [-0.25, -0.2) is 0 Å². The zero-order chi connectivity index (χ0) is 21.3. The summed E-state index contributed by atoms with van der Waals surface area (Å²) >= 11 is 0. The van der Waals surface area contributed by atoms with E-state index < -0.39 is 5.91 Å². The van der Waals surface area contributed by atoms with Gasteiger partial charge in [-0.3, -0.25) is 4.79 Å². The molecule has 3 aromatic carbocycles. The van der Waals surface area contributed by atoms with Crippen molar-refractivity contribution in [1.82, 2.24) is 5.32 Å². The zero-order valence-corrected chi connectivity index (χ0v) is 17.2. The number of nitrogens with one attached hydrogen (secondary N) is 2. The number of nitrogens with zero attached hydrogens (tertiary/aromatic N) is 1. The van der Waals surface area contributed by atoms with Gasteiger partial charge in [-0.1, -0.05) is 92.7 Å². The average molecular weight is 396 g/mol. The van der Waals surface area contributed by atoms with Gasteiger partial charge in [0, 0.05) is 11.9 Å². The molecule has 0 aliphatic heterocycles. The lowest BCUT2D eigenvalue weighted by molar-refractivity contribution is -0.112. The molecule has 150 valence electrons. The van der Waals surface area contributed by atoms with Crippen molar-refractivity contribution in [2.75, 3.05) is 5.32 Å². The molecule has 0 atom stereocenters. The molecule has 0 aliphatic carbocycles. The highest BCUT2D eigenvalue weighted by Crippen LogP contribution is 2.25. The van der Waals surface area contributed by atoms with Crippen molar-refractivity contribution in [2.24, 2.45) is 0 Å². The molecular formula is C26H25N3O. The van der Waals surface area contributed by atoms with E-state index in [0.29, 0.717) is 0 Å². The van der Waals surface area contributed by atoms with Crippen molar-refractivity contribution < 1.29 is 4.79 Å². The van der Waals surface area contributed by atoms with Crippen LogP contribution in [0.25, 0.3) is 0 Å². The second-order valence-electron chi connectivity index (χ2n) is 7.29. The highest BCUT2D eigenvalue weighted by Gasteiger charge is 2.16. The van der Waals surface area contributed by atoms with Crippen LogP contribution in [0.3, 0.4) is 0 Å². The number of carbonyl (C=O) groups excluding carboxylic acids is 1. The van der Waals surface area contributed by atoms with Gasteiger partial charge < -0.3 is 10.6 Å². The van der Waals surface area contributed by atoms with E-state index in [9.17, 15) is 10.1 Å². The molecule has 2 N–H and O–H groups in total. The predicted octanol–water partition coefficient (Wildman–Crippen LogP) is 5.54. The fourth-order valence-electron chi connectivity index (χ4n) is 3.30. The first-order chi connectivity index (χ1) is 14.6. The van der Waals surface area contributed by atoms with E-state index in [4.69, 9.17) is 0 Å². The summed E-state index contributed by atoms with van der Waals surface area (Å²) in [5.41, 5.74) is 3.86. The molecule has 0 spiro atoms. The number of rotatable bonds is 7.